The van der Waals surface area contributed by atoms with Crippen molar-refractivity contribution in [3.8, 4) is 0 Å². The summed E-state index contributed by atoms with van der Waals surface area (Å²) in [6.07, 6.45) is 1.23. The lowest BCUT2D eigenvalue weighted by Gasteiger charge is -2.36. The Morgan fingerprint density at radius 3 is 2.76 bits per heavy atom. The van der Waals surface area contributed by atoms with Gasteiger partial charge in [-0.3, -0.25) is 9.59 Å². The third kappa shape index (κ3) is 3.64. The minimum Gasteiger partial charge on any atom is -0.342 e. The number of hydrogen-bond acceptors (Lipinski definition) is 3. The van der Waals surface area contributed by atoms with Crippen molar-refractivity contribution in [3.63, 3.8) is 0 Å². The second-order valence-electron chi connectivity index (χ2n) is 7.94. The Kier molecular flexibility index (Phi) is 5.13. The van der Waals surface area contributed by atoms with Crippen LogP contribution in [0.3, 0.4) is 0 Å². The molecule has 7 heteroatoms. The number of hydrogen-bond donors (Lipinski definition) is 3. The van der Waals surface area contributed by atoms with E-state index in [1.54, 1.807) is 4.90 Å². The van der Waals surface area contributed by atoms with Gasteiger partial charge in [-0.15, -0.1) is 0 Å². The molecule has 0 saturated carbocycles. The quantitative estimate of drug-likeness (QED) is 0.744. The van der Waals surface area contributed by atoms with Crippen LogP contribution >= 0.6 is 0 Å². The van der Waals surface area contributed by atoms with Gasteiger partial charge in [-0.2, -0.15) is 0 Å². The van der Waals surface area contributed by atoms with Crippen molar-refractivity contribution in [1.29, 1.82) is 0 Å². The van der Waals surface area contributed by atoms with Crippen molar-refractivity contribution in [2.24, 2.45) is 5.92 Å². The van der Waals surface area contributed by atoms with Gasteiger partial charge in [0.15, 0.2) is 0 Å². The van der Waals surface area contributed by atoms with Gasteiger partial charge in [-0.05, 0) is 23.8 Å². The van der Waals surface area contributed by atoms with Gasteiger partial charge in [0.2, 0.25) is 11.8 Å². The van der Waals surface area contributed by atoms with Crippen LogP contribution < -0.4 is 16.0 Å². The fraction of sp³-hybridized carbons (Fsp3) is 0.409. The smallest absolute Gasteiger partial charge is 0.319 e. The highest BCUT2D eigenvalue weighted by molar-refractivity contribution is 6.02. The number of carbonyl (C=O) groups excluding carboxylic acids is 3. The van der Waals surface area contributed by atoms with Crippen molar-refractivity contribution < 1.29 is 14.4 Å². The molecule has 2 heterocycles. The molecule has 0 aromatic heterocycles. The van der Waals surface area contributed by atoms with E-state index >= 15 is 0 Å². The van der Waals surface area contributed by atoms with Crippen molar-refractivity contribution >= 4 is 34.3 Å². The first kappa shape index (κ1) is 19.2. The molecule has 4 atom stereocenters. The predicted octanol–water partition coefficient (Wildman–Crippen LogP) is 2.48. The van der Waals surface area contributed by atoms with E-state index in [4.69, 9.17) is 0 Å². The number of piperazine rings is 1. The van der Waals surface area contributed by atoms with Crippen LogP contribution in [0, 0.1) is 5.92 Å². The molecule has 29 heavy (non-hydrogen) atoms. The molecule has 2 aliphatic heterocycles. The average molecular weight is 394 g/mol. The number of nitrogens with one attached hydrogen (secondary N) is 3. The standard InChI is InChI=1S/C22H26N4O3/c1-3-13(2)19-21(28)26-12-15(11-18(26)20(27)25-19)23-22(29)24-17-10-6-8-14-7-4-5-9-16(14)17/h4-10,13,15,18-19H,3,11-12H2,1-2H3,(H,25,27)(H2,23,24,29)/t13-,15-,18-,19-/m0/s1. The van der Waals surface area contributed by atoms with Gasteiger partial charge in [-0.25, -0.2) is 4.79 Å². The Bertz CT molecular complexity index is 955. The van der Waals surface area contributed by atoms with Crippen LogP contribution in [-0.4, -0.2) is 47.4 Å². The van der Waals surface area contributed by atoms with E-state index in [-0.39, 0.29) is 29.8 Å². The lowest BCUT2D eigenvalue weighted by atomic mass is 9.95. The van der Waals surface area contributed by atoms with Gasteiger partial charge in [0.25, 0.3) is 0 Å². The van der Waals surface area contributed by atoms with Crippen LogP contribution in [0.15, 0.2) is 42.5 Å². The second kappa shape index (κ2) is 7.73. The summed E-state index contributed by atoms with van der Waals surface area (Å²) in [5, 5.41) is 10.7. The zero-order valence-electron chi connectivity index (χ0n) is 16.6. The summed E-state index contributed by atoms with van der Waals surface area (Å²) in [6, 6.07) is 12.0. The first-order chi connectivity index (χ1) is 14.0. The van der Waals surface area contributed by atoms with Gasteiger partial charge in [-0.1, -0.05) is 56.7 Å². The molecule has 2 aromatic carbocycles. The number of urea groups is 1. The molecule has 7 nitrogen and oxygen atoms in total. The van der Waals surface area contributed by atoms with Gasteiger partial charge in [0.05, 0.1) is 11.7 Å². The lowest BCUT2D eigenvalue weighted by molar-refractivity contribution is -0.148. The molecular formula is C22H26N4O3. The number of anilines is 1. The van der Waals surface area contributed by atoms with Crippen molar-refractivity contribution in [1.82, 2.24) is 15.5 Å². The minimum absolute atomic E-state index is 0.0530. The Morgan fingerprint density at radius 2 is 1.97 bits per heavy atom. The summed E-state index contributed by atoms with van der Waals surface area (Å²) in [4.78, 5) is 39.5. The highest BCUT2D eigenvalue weighted by Crippen LogP contribution is 2.26. The Labute approximate surface area is 169 Å². The summed E-state index contributed by atoms with van der Waals surface area (Å²) in [5.41, 5.74) is 0.724. The largest absolute Gasteiger partial charge is 0.342 e. The topological polar surface area (TPSA) is 90.5 Å². The van der Waals surface area contributed by atoms with E-state index in [0.717, 1.165) is 22.9 Å². The fourth-order valence-corrected chi connectivity index (χ4v) is 4.22. The average Bonchev–Trinajstić information content (AvgIpc) is 3.15. The number of rotatable bonds is 4. The maximum atomic E-state index is 12.8. The molecule has 4 amide bonds. The molecule has 0 spiro atoms. The van der Waals surface area contributed by atoms with E-state index in [2.05, 4.69) is 16.0 Å². The van der Waals surface area contributed by atoms with Crippen LogP contribution in [-0.2, 0) is 9.59 Å². The normalized spacial score (nSPS) is 24.8. The summed E-state index contributed by atoms with van der Waals surface area (Å²) in [7, 11) is 0. The molecule has 0 aliphatic carbocycles. The van der Waals surface area contributed by atoms with E-state index < -0.39 is 12.1 Å². The third-order valence-corrected chi connectivity index (χ3v) is 6.04. The molecule has 3 N–H and O–H groups in total. The zero-order valence-corrected chi connectivity index (χ0v) is 16.6. The molecule has 0 radical (unpaired) electrons. The van der Waals surface area contributed by atoms with Crippen LogP contribution in [0.4, 0.5) is 10.5 Å². The molecule has 2 fully saturated rings. The minimum atomic E-state index is -0.509. The number of nitrogens with zero attached hydrogens (tertiary/aromatic N) is 1. The van der Waals surface area contributed by atoms with Crippen molar-refractivity contribution in [2.75, 3.05) is 11.9 Å². The predicted molar refractivity (Wildman–Crippen MR) is 111 cm³/mol. The second-order valence-corrected chi connectivity index (χ2v) is 7.94. The molecule has 152 valence electrons. The summed E-state index contributed by atoms with van der Waals surface area (Å²) in [6.45, 7) is 4.32. The van der Waals surface area contributed by atoms with Gasteiger partial charge < -0.3 is 20.9 Å². The lowest BCUT2D eigenvalue weighted by Crippen LogP contribution is -2.62. The Balaban J connectivity index is 1.43. The molecule has 0 unspecified atom stereocenters. The van der Waals surface area contributed by atoms with Crippen LogP contribution in [0.2, 0.25) is 0 Å². The maximum Gasteiger partial charge on any atom is 0.319 e. The third-order valence-electron chi connectivity index (χ3n) is 6.04. The molecule has 2 aromatic rings. The maximum absolute atomic E-state index is 12.8. The van der Waals surface area contributed by atoms with Crippen molar-refractivity contribution in [2.45, 2.75) is 44.8 Å². The molecule has 2 saturated heterocycles. The van der Waals surface area contributed by atoms with Crippen LogP contribution in [0.25, 0.3) is 10.8 Å². The van der Waals surface area contributed by atoms with Crippen LogP contribution in [0.5, 0.6) is 0 Å². The number of benzene rings is 2. The Hall–Kier alpha value is -3.09. The summed E-state index contributed by atoms with van der Waals surface area (Å²) < 4.78 is 0. The van der Waals surface area contributed by atoms with Gasteiger partial charge in [0, 0.05) is 11.9 Å². The van der Waals surface area contributed by atoms with E-state index in [1.807, 2.05) is 56.3 Å². The van der Waals surface area contributed by atoms with Gasteiger partial charge in [0.1, 0.15) is 12.1 Å². The number of carbonyl (C=O) groups is 3. The monoisotopic (exact) mass is 394 g/mol. The zero-order chi connectivity index (χ0) is 20.5. The first-order valence-corrected chi connectivity index (χ1v) is 10.1. The van der Waals surface area contributed by atoms with Gasteiger partial charge >= 0.3 is 6.03 Å². The highest BCUT2D eigenvalue weighted by atomic mass is 16.2. The Morgan fingerprint density at radius 1 is 1.21 bits per heavy atom. The molecule has 4 rings (SSSR count). The fourth-order valence-electron chi connectivity index (χ4n) is 4.22. The van der Waals surface area contributed by atoms with Crippen molar-refractivity contribution in [3.05, 3.63) is 42.5 Å². The first-order valence-electron chi connectivity index (χ1n) is 10.1. The number of fused-ring (bicyclic) bond motifs is 2. The van der Waals surface area contributed by atoms with E-state index in [9.17, 15) is 14.4 Å². The summed E-state index contributed by atoms with van der Waals surface area (Å²) >= 11 is 0. The molecule has 0 bridgehead atoms. The number of amides is 4. The SMILES string of the molecule is CC[C@H](C)[C@@H]1NC(=O)[C@@H]2C[C@H](NC(=O)Nc3cccc4ccccc34)CN2C1=O. The molecular weight excluding hydrogens is 368 g/mol. The van der Waals surface area contributed by atoms with E-state index in [0.29, 0.717) is 13.0 Å². The summed E-state index contributed by atoms with van der Waals surface area (Å²) in [5.74, 6) is -0.106. The molecule has 2 aliphatic rings. The highest BCUT2D eigenvalue weighted by Gasteiger charge is 2.47. The van der Waals surface area contributed by atoms with E-state index in [1.165, 1.54) is 0 Å². The van der Waals surface area contributed by atoms with Crippen LogP contribution in [0.1, 0.15) is 26.7 Å².